The summed E-state index contributed by atoms with van der Waals surface area (Å²) in [6.07, 6.45) is 1.61. The van der Waals surface area contributed by atoms with Crippen molar-refractivity contribution in [2.75, 3.05) is 5.73 Å². The fourth-order valence-electron chi connectivity index (χ4n) is 1.99. The second kappa shape index (κ2) is 5.69. The lowest BCUT2D eigenvalue weighted by Crippen LogP contribution is -2.47. The number of hydrogen-bond acceptors (Lipinski definition) is 5. The Hall–Kier alpha value is -2.54. The number of pyridine rings is 1. The monoisotopic (exact) mass is 314 g/mol. The van der Waals surface area contributed by atoms with E-state index in [4.69, 9.17) is 11.1 Å². The number of anilines is 1. The third kappa shape index (κ3) is 2.75. The van der Waals surface area contributed by atoms with Crippen molar-refractivity contribution in [1.82, 2.24) is 10.1 Å². The van der Waals surface area contributed by atoms with Gasteiger partial charge in [0, 0.05) is 23.7 Å². The van der Waals surface area contributed by atoms with Gasteiger partial charge < -0.3 is 5.73 Å². The van der Waals surface area contributed by atoms with Crippen LogP contribution in [0.3, 0.4) is 0 Å². The molecule has 0 fully saturated rings. The van der Waals surface area contributed by atoms with Crippen LogP contribution in [0.5, 0.6) is 0 Å². The molecule has 7 heteroatoms. The summed E-state index contributed by atoms with van der Waals surface area (Å²) in [5.74, 6) is -0.0984. The predicted octanol–water partition coefficient (Wildman–Crippen LogP) is 2.52. The molecule has 0 saturated carbocycles. The molecule has 0 bridgehead atoms. The maximum atomic E-state index is 14.2. The van der Waals surface area contributed by atoms with E-state index in [-0.39, 0.29) is 5.17 Å². The molecule has 2 aromatic heterocycles. The Morgan fingerprint density at radius 2 is 2.14 bits per heavy atom. The Bertz CT molecular complexity index is 881. The number of benzene rings is 1. The number of rotatable bonds is 1. The number of aromatic nitrogens is 3. The topological polar surface area (TPSA) is 79.5 Å². The predicted molar refractivity (Wildman–Crippen MR) is 84.3 cm³/mol. The van der Waals surface area contributed by atoms with Gasteiger partial charge in [0.2, 0.25) is 5.82 Å². The molecule has 5 nitrogen and oxygen atoms in total. The third-order valence-electron chi connectivity index (χ3n) is 3.05. The molecular formula is C15H13FN5S+. The lowest BCUT2D eigenvalue weighted by Gasteiger charge is -2.06. The molecule has 2 heterocycles. The van der Waals surface area contributed by atoms with Gasteiger partial charge in [0.25, 0.3) is 0 Å². The molecule has 22 heavy (non-hydrogen) atoms. The summed E-state index contributed by atoms with van der Waals surface area (Å²) in [5, 5.41) is 13.1. The van der Waals surface area contributed by atoms with Crippen molar-refractivity contribution in [3.63, 3.8) is 0 Å². The van der Waals surface area contributed by atoms with Gasteiger partial charge in [-0.1, -0.05) is 10.7 Å². The summed E-state index contributed by atoms with van der Waals surface area (Å²) in [4.78, 5) is 4.44. The van der Waals surface area contributed by atoms with Gasteiger partial charge in [0.1, 0.15) is 5.82 Å². The number of nitrogens with two attached hydrogens (primary N) is 1. The molecule has 0 aliphatic carbocycles. The van der Waals surface area contributed by atoms with E-state index in [0.29, 0.717) is 16.2 Å². The highest BCUT2D eigenvalue weighted by Crippen LogP contribution is 2.26. The smallest absolute Gasteiger partial charge is 0.317 e. The first kappa shape index (κ1) is 14.4. The molecule has 1 aromatic carbocycles. The zero-order valence-electron chi connectivity index (χ0n) is 11.7. The molecule has 0 radical (unpaired) electrons. The van der Waals surface area contributed by atoms with E-state index in [1.807, 2.05) is 6.07 Å². The van der Waals surface area contributed by atoms with Crippen LogP contribution in [0.1, 0.15) is 5.69 Å². The van der Waals surface area contributed by atoms with Crippen LogP contribution in [-0.4, -0.2) is 15.3 Å². The van der Waals surface area contributed by atoms with Crippen LogP contribution >= 0.6 is 11.8 Å². The van der Waals surface area contributed by atoms with E-state index in [9.17, 15) is 4.39 Å². The van der Waals surface area contributed by atoms with Gasteiger partial charge in [0.15, 0.2) is 0 Å². The Morgan fingerprint density at radius 1 is 1.32 bits per heavy atom. The number of hydrogen-bond donors (Lipinski definition) is 2. The van der Waals surface area contributed by atoms with Gasteiger partial charge in [-0.05, 0) is 36.9 Å². The molecule has 110 valence electrons. The zero-order valence-corrected chi connectivity index (χ0v) is 12.6. The Morgan fingerprint density at radius 3 is 2.95 bits per heavy atom. The molecule has 3 N–H and O–H groups in total. The van der Waals surface area contributed by atoms with E-state index in [2.05, 4.69) is 10.1 Å². The van der Waals surface area contributed by atoms with Crippen molar-refractivity contribution in [2.24, 2.45) is 0 Å². The fourth-order valence-corrected chi connectivity index (χ4v) is 2.77. The SMILES string of the molecule is Cc1ccc(N)[n+](C(=N)Sc2cc3cccnc3cc2F)n1. The number of nitrogen functional groups attached to an aromatic ring is 1. The first-order chi connectivity index (χ1) is 10.5. The van der Waals surface area contributed by atoms with E-state index in [1.165, 1.54) is 10.7 Å². The van der Waals surface area contributed by atoms with E-state index >= 15 is 0 Å². The number of halogens is 1. The van der Waals surface area contributed by atoms with Crippen LogP contribution in [-0.2, 0) is 0 Å². The molecule has 0 unspecified atom stereocenters. The molecule has 0 aliphatic rings. The summed E-state index contributed by atoms with van der Waals surface area (Å²) in [7, 11) is 0. The molecule has 0 saturated heterocycles. The lowest BCUT2D eigenvalue weighted by molar-refractivity contribution is -0.603. The van der Waals surface area contributed by atoms with Crippen LogP contribution in [0, 0.1) is 18.2 Å². The second-order valence-corrected chi connectivity index (χ2v) is 5.73. The molecule has 0 amide bonds. The first-order valence-electron chi connectivity index (χ1n) is 6.51. The van der Waals surface area contributed by atoms with Gasteiger partial charge in [-0.15, -0.1) is 5.10 Å². The summed E-state index contributed by atoms with van der Waals surface area (Å²) in [6, 6.07) is 10.1. The van der Waals surface area contributed by atoms with Crippen molar-refractivity contribution >= 4 is 33.7 Å². The highest BCUT2D eigenvalue weighted by molar-refractivity contribution is 8.13. The highest BCUT2D eigenvalue weighted by atomic mass is 32.2. The zero-order chi connectivity index (χ0) is 15.7. The van der Waals surface area contributed by atoms with Gasteiger partial charge in [0.05, 0.1) is 16.1 Å². The first-order valence-corrected chi connectivity index (χ1v) is 7.33. The van der Waals surface area contributed by atoms with Crippen LogP contribution in [0.2, 0.25) is 0 Å². The Kier molecular flexibility index (Phi) is 3.72. The minimum atomic E-state index is -0.423. The summed E-state index contributed by atoms with van der Waals surface area (Å²) >= 11 is 0.962. The standard InChI is InChI=1S/C15H12FN5S/c1-9-4-5-14(17)21(20-9)15(18)22-13-7-10-3-2-6-19-12(10)8-11(13)16/h2-8,17-18H,1H3/p+1. The number of nitrogens with zero attached hydrogens (tertiary/aromatic N) is 3. The quantitative estimate of drug-likeness (QED) is 0.313. The normalized spacial score (nSPS) is 10.8. The lowest BCUT2D eigenvalue weighted by atomic mass is 10.2. The average molecular weight is 314 g/mol. The van der Waals surface area contributed by atoms with Gasteiger partial charge in [-0.2, -0.15) is 5.41 Å². The van der Waals surface area contributed by atoms with Gasteiger partial charge >= 0.3 is 5.17 Å². The summed E-state index contributed by atoms with van der Waals surface area (Å²) < 4.78 is 15.4. The van der Waals surface area contributed by atoms with Crippen molar-refractivity contribution in [2.45, 2.75) is 11.8 Å². The number of nitrogens with one attached hydrogen (secondary N) is 1. The van der Waals surface area contributed by atoms with Crippen LogP contribution in [0.4, 0.5) is 10.2 Å². The van der Waals surface area contributed by atoms with E-state index < -0.39 is 5.82 Å². The number of fused-ring (bicyclic) bond motifs is 1. The minimum absolute atomic E-state index is 0.0309. The Balaban J connectivity index is 1.97. The van der Waals surface area contributed by atoms with Gasteiger partial charge in [-0.25, -0.2) is 4.39 Å². The van der Waals surface area contributed by atoms with E-state index in [1.54, 1.807) is 37.4 Å². The van der Waals surface area contributed by atoms with Crippen molar-refractivity contribution in [1.29, 1.82) is 5.41 Å². The molecule has 3 aromatic rings. The van der Waals surface area contributed by atoms with Crippen LogP contribution < -0.4 is 10.4 Å². The minimum Gasteiger partial charge on any atom is -0.317 e. The fraction of sp³-hybridized carbons (Fsp3) is 0.0667. The van der Waals surface area contributed by atoms with Gasteiger partial charge in [-0.3, -0.25) is 4.98 Å². The molecule has 0 atom stereocenters. The van der Waals surface area contributed by atoms with Crippen LogP contribution in [0.15, 0.2) is 47.5 Å². The molecule has 0 aliphatic heterocycles. The number of aryl methyl sites for hydroxylation is 1. The highest BCUT2D eigenvalue weighted by Gasteiger charge is 2.17. The molecular weight excluding hydrogens is 301 g/mol. The maximum Gasteiger partial charge on any atom is 0.320 e. The van der Waals surface area contributed by atoms with E-state index in [0.717, 1.165) is 22.8 Å². The molecule has 3 rings (SSSR count). The summed E-state index contributed by atoms with van der Waals surface area (Å²) in [6.45, 7) is 1.80. The number of thioether (sulfide) groups is 1. The average Bonchev–Trinajstić information content (AvgIpc) is 2.50. The van der Waals surface area contributed by atoms with Crippen LogP contribution in [0.25, 0.3) is 10.9 Å². The Labute approximate surface area is 130 Å². The summed E-state index contributed by atoms with van der Waals surface area (Å²) in [5.41, 5.74) is 7.12. The largest absolute Gasteiger partial charge is 0.320 e. The van der Waals surface area contributed by atoms with Crippen molar-refractivity contribution in [3.05, 3.63) is 54.1 Å². The third-order valence-corrected chi connectivity index (χ3v) is 3.95. The molecule has 0 spiro atoms. The van der Waals surface area contributed by atoms with Crippen molar-refractivity contribution < 1.29 is 9.07 Å². The maximum absolute atomic E-state index is 14.2. The second-order valence-electron chi connectivity index (χ2n) is 4.70. The van der Waals surface area contributed by atoms with Crippen molar-refractivity contribution in [3.8, 4) is 0 Å².